The van der Waals surface area contributed by atoms with E-state index in [-0.39, 0.29) is 12.8 Å². The Kier molecular flexibility index (Phi) is 11.7. The molecule has 0 heterocycles. The predicted octanol–water partition coefficient (Wildman–Crippen LogP) is 6.74. The molecule has 4 aromatic rings. The highest BCUT2D eigenvalue weighted by Gasteiger charge is 2.61. The number of nitrogens with one attached hydrogen (secondary N) is 2. The van der Waals surface area contributed by atoms with Gasteiger partial charge >= 0.3 is 0 Å². The van der Waals surface area contributed by atoms with Gasteiger partial charge in [-0.05, 0) is 47.9 Å². The van der Waals surface area contributed by atoms with Crippen molar-refractivity contribution in [1.29, 1.82) is 0 Å². The highest BCUT2D eigenvalue weighted by molar-refractivity contribution is 6.08. The Hall–Kier alpha value is -5.06. The molecule has 0 unspecified atom stereocenters. The number of carbonyl (C=O) groups is 2. The first-order chi connectivity index (χ1) is 25.9. The van der Waals surface area contributed by atoms with Crippen molar-refractivity contribution >= 4 is 11.8 Å². The molecule has 10 heteroatoms. The van der Waals surface area contributed by atoms with E-state index in [0.717, 1.165) is 0 Å². The molecule has 1 fully saturated rings. The van der Waals surface area contributed by atoms with Gasteiger partial charge in [0.15, 0.2) is 0 Å². The molecule has 0 saturated heterocycles. The molecule has 4 N–H and O–H groups in total. The maximum absolute atomic E-state index is 14.8. The molecule has 0 radical (unpaired) electrons. The van der Waals surface area contributed by atoms with Crippen LogP contribution in [-0.4, -0.2) is 62.6 Å². The number of hydrogen-bond acceptors (Lipinski definition) is 8. The largest absolute Gasteiger partial charge is 0.496 e. The van der Waals surface area contributed by atoms with Crippen LogP contribution in [0.5, 0.6) is 23.0 Å². The summed E-state index contributed by atoms with van der Waals surface area (Å²) in [5.74, 6) is 0.575. The summed E-state index contributed by atoms with van der Waals surface area (Å²) in [6, 6.07) is 26.5. The normalized spacial score (nSPS) is 15.3. The van der Waals surface area contributed by atoms with Crippen molar-refractivity contribution in [3.63, 3.8) is 0 Å². The number of amides is 2. The minimum Gasteiger partial charge on any atom is -0.496 e. The van der Waals surface area contributed by atoms with Crippen molar-refractivity contribution in [3.05, 3.63) is 119 Å². The Labute approximate surface area is 325 Å². The molecule has 0 spiro atoms. The van der Waals surface area contributed by atoms with Gasteiger partial charge in [0, 0.05) is 22.3 Å². The van der Waals surface area contributed by atoms with E-state index in [0.29, 0.717) is 45.3 Å². The summed E-state index contributed by atoms with van der Waals surface area (Å²) < 4.78 is 23.1. The van der Waals surface area contributed by atoms with Crippen molar-refractivity contribution in [2.45, 2.75) is 77.7 Å². The summed E-state index contributed by atoms with van der Waals surface area (Å²) in [4.78, 5) is 29.6. The minimum absolute atomic E-state index is 0.266. The van der Waals surface area contributed by atoms with Gasteiger partial charge in [0.05, 0.1) is 40.5 Å². The second-order valence-corrected chi connectivity index (χ2v) is 16.5. The van der Waals surface area contributed by atoms with Crippen molar-refractivity contribution in [2.75, 3.05) is 28.4 Å². The summed E-state index contributed by atoms with van der Waals surface area (Å²) >= 11 is 0. The molecular weight excluding hydrogens is 697 g/mol. The van der Waals surface area contributed by atoms with E-state index in [1.54, 1.807) is 72.8 Å². The average molecular weight is 753 g/mol. The fraction of sp³-hybridized carbons (Fsp3) is 0.422. The second-order valence-electron chi connectivity index (χ2n) is 16.5. The van der Waals surface area contributed by atoms with Gasteiger partial charge in [-0.25, -0.2) is 0 Å². The van der Waals surface area contributed by atoms with E-state index in [2.05, 4.69) is 10.6 Å². The van der Waals surface area contributed by atoms with Gasteiger partial charge in [-0.15, -0.1) is 0 Å². The fourth-order valence-electron chi connectivity index (χ4n) is 7.87. The molecule has 1 aliphatic rings. The molecule has 0 aliphatic heterocycles. The van der Waals surface area contributed by atoms with Gasteiger partial charge in [-0.1, -0.05) is 114 Å². The molecular formula is C45H56N2O8. The molecule has 10 nitrogen and oxygen atoms in total. The molecule has 4 aromatic carbocycles. The van der Waals surface area contributed by atoms with Gasteiger partial charge in [0.1, 0.15) is 39.6 Å². The first kappa shape index (κ1) is 41.1. The quantitative estimate of drug-likeness (QED) is 0.104. The molecule has 55 heavy (non-hydrogen) atoms. The number of benzene rings is 4. The summed E-state index contributed by atoms with van der Waals surface area (Å²) in [7, 11) is 6.11. The lowest BCUT2D eigenvalue weighted by atomic mass is 9.68. The number of carbonyl (C=O) groups excluding carboxylic acids is 2. The average Bonchev–Trinajstić information content (AvgIpc) is 4.00. The van der Waals surface area contributed by atoms with Crippen LogP contribution >= 0.6 is 0 Å². The number of aliphatic hydroxyl groups is 2. The zero-order valence-corrected chi connectivity index (χ0v) is 33.7. The highest BCUT2D eigenvalue weighted by Crippen LogP contribution is 2.52. The van der Waals surface area contributed by atoms with Crippen LogP contribution < -0.4 is 29.6 Å². The topological polar surface area (TPSA) is 136 Å². The summed E-state index contributed by atoms with van der Waals surface area (Å²) in [5, 5.41) is 32.8. The molecule has 1 aliphatic carbocycles. The van der Waals surface area contributed by atoms with Crippen LogP contribution in [0.1, 0.15) is 76.6 Å². The van der Waals surface area contributed by atoms with E-state index in [1.165, 1.54) is 28.4 Å². The van der Waals surface area contributed by atoms with E-state index >= 15 is 0 Å². The predicted molar refractivity (Wildman–Crippen MR) is 212 cm³/mol. The molecule has 0 bridgehead atoms. The zero-order chi connectivity index (χ0) is 40.4. The zero-order valence-electron chi connectivity index (χ0n) is 33.7. The third kappa shape index (κ3) is 7.50. The molecule has 0 aromatic heterocycles. The highest BCUT2D eigenvalue weighted by atomic mass is 16.5. The van der Waals surface area contributed by atoms with Crippen molar-refractivity contribution in [3.8, 4) is 23.0 Å². The van der Waals surface area contributed by atoms with E-state index < -0.39 is 51.3 Å². The lowest BCUT2D eigenvalue weighted by molar-refractivity contribution is -0.142. The monoisotopic (exact) mass is 752 g/mol. The Morgan fingerprint density at radius 1 is 0.509 bits per heavy atom. The standard InChI is InChI=1S/C45H56N2O8/c1-41(2,3)37(44(50,29-19-11-15-23-33(29)52-7)30-20-12-16-24-34(30)53-8)46-39(48)43(27-28-43)40(49)47-38(42(4,5)6)45(51,31-21-13-17-25-35(31)54-9)32-22-14-18-26-36(32)55-10/h11-26,37-38,50-51H,27-28H2,1-10H3,(H,46,48)(H,47,49)/t37-,38-/m1/s1. The van der Waals surface area contributed by atoms with Crippen LogP contribution in [-0.2, 0) is 20.8 Å². The SMILES string of the molecule is COc1ccccc1C(O)(c1ccccc1OC)[C@H](NC(=O)C1(C(=O)N[C@H](C(C)(C)C)C(O)(c2ccccc2OC)c2ccccc2OC)CC1)C(C)(C)C. The smallest absolute Gasteiger partial charge is 0.236 e. The summed E-state index contributed by atoms with van der Waals surface area (Å²) in [6.07, 6.45) is 0.532. The lowest BCUT2D eigenvalue weighted by Gasteiger charge is -2.46. The summed E-state index contributed by atoms with van der Waals surface area (Å²) in [5.41, 5.74) is -5.14. The second kappa shape index (κ2) is 15.6. The first-order valence-corrected chi connectivity index (χ1v) is 18.6. The maximum atomic E-state index is 14.8. The van der Waals surface area contributed by atoms with Gasteiger partial charge in [0.25, 0.3) is 0 Å². The van der Waals surface area contributed by atoms with Crippen molar-refractivity contribution in [2.24, 2.45) is 16.2 Å². The van der Waals surface area contributed by atoms with Crippen LogP contribution in [0.2, 0.25) is 0 Å². The molecule has 2 atom stereocenters. The first-order valence-electron chi connectivity index (χ1n) is 18.6. The Bertz CT molecular complexity index is 1760. The lowest BCUT2D eigenvalue weighted by Crippen LogP contribution is -2.62. The number of para-hydroxylation sites is 4. The number of rotatable bonds is 14. The fourth-order valence-corrected chi connectivity index (χ4v) is 7.87. The molecule has 1 saturated carbocycles. The Balaban J connectivity index is 1.62. The Morgan fingerprint density at radius 2 is 0.745 bits per heavy atom. The van der Waals surface area contributed by atoms with Gasteiger partial charge in [-0.2, -0.15) is 0 Å². The van der Waals surface area contributed by atoms with Gasteiger partial charge < -0.3 is 39.8 Å². The maximum Gasteiger partial charge on any atom is 0.236 e. The molecule has 2 amide bonds. The van der Waals surface area contributed by atoms with Gasteiger partial charge in [-0.3, -0.25) is 9.59 Å². The number of hydrogen-bond donors (Lipinski definition) is 4. The number of methoxy groups -OCH3 is 4. The third-order valence-corrected chi connectivity index (χ3v) is 10.8. The van der Waals surface area contributed by atoms with E-state index in [4.69, 9.17) is 18.9 Å². The van der Waals surface area contributed by atoms with E-state index in [9.17, 15) is 19.8 Å². The number of ether oxygens (including phenoxy) is 4. The van der Waals surface area contributed by atoms with Crippen LogP contribution in [0, 0.1) is 16.2 Å². The van der Waals surface area contributed by atoms with Crippen molar-refractivity contribution in [1.82, 2.24) is 10.6 Å². The van der Waals surface area contributed by atoms with Crippen molar-refractivity contribution < 1.29 is 38.7 Å². The Morgan fingerprint density at radius 3 is 0.945 bits per heavy atom. The molecule has 5 rings (SSSR count). The van der Waals surface area contributed by atoms with Crippen LogP contribution in [0.4, 0.5) is 0 Å². The van der Waals surface area contributed by atoms with Crippen LogP contribution in [0.3, 0.4) is 0 Å². The van der Waals surface area contributed by atoms with Gasteiger partial charge in [0.2, 0.25) is 11.8 Å². The van der Waals surface area contributed by atoms with Crippen LogP contribution in [0.15, 0.2) is 97.1 Å². The van der Waals surface area contributed by atoms with E-state index in [1.807, 2.05) is 65.8 Å². The minimum atomic E-state index is -1.89. The molecule has 294 valence electrons. The van der Waals surface area contributed by atoms with Crippen LogP contribution in [0.25, 0.3) is 0 Å². The third-order valence-electron chi connectivity index (χ3n) is 10.8. The summed E-state index contributed by atoms with van der Waals surface area (Å²) in [6.45, 7) is 11.5.